The van der Waals surface area contributed by atoms with Crippen LogP contribution in [0.5, 0.6) is 5.75 Å². The van der Waals surface area contributed by atoms with Crippen molar-refractivity contribution < 1.29 is 9.47 Å². The first kappa shape index (κ1) is 24.0. The van der Waals surface area contributed by atoms with Crippen LogP contribution in [0.3, 0.4) is 0 Å². The Balaban J connectivity index is 0.00000364. The number of likely N-dealkylation sites (tertiary alicyclic amines) is 1. The van der Waals surface area contributed by atoms with Crippen molar-refractivity contribution in [2.45, 2.75) is 53.2 Å². The van der Waals surface area contributed by atoms with E-state index in [0.717, 1.165) is 63.0 Å². The van der Waals surface area contributed by atoms with Gasteiger partial charge in [0.25, 0.3) is 0 Å². The molecule has 0 atom stereocenters. The third kappa shape index (κ3) is 8.25. The largest absolute Gasteiger partial charge is 0.493 e. The van der Waals surface area contributed by atoms with Gasteiger partial charge >= 0.3 is 0 Å². The highest BCUT2D eigenvalue weighted by Crippen LogP contribution is 2.20. The summed E-state index contributed by atoms with van der Waals surface area (Å²) in [5.74, 6) is 2.44. The second-order valence-corrected chi connectivity index (χ2v) is 7.12. The summed E-state index contributed by atoms with van der Waals surface area (Å²) >= 11 is 0. The molecule has 1 aliphatic heterocycles. The topological polar surface area (TPSA) is 46.1 Å². The van der Waals surface area contributed by atoms with Gasteiger partial charge in [0.1, 0.15) is 5.75 Å². The average Bonchev–Trinajstić information content (AvgIpc) is 2.65. The maximum absolute atomic E-state index is 5.96. The number of hydrogen-bond donors (Lipinski definition) is 1. The maximum Gasteiger partial charge on any atom is 0.194 e. The van der Waals surface area contributed by atoms with E-state index in [1.54, 1.807) is 0 Å². The standard InChI is InChI=1S/C21H35N3O2.HI/c1-5-22-21(24-13-11-19(12-14-24)25-6-2)23-15-18-9-7-8-10-20(18)26-16-17(3)4;/h7-10,17,19H,5-6,11-16H2,1-4H3,(H,22,23);1H. The minimum absolute atomic E-state index is 0. The summed E-state index contributed by atoms with van der Waals surface area (Å²) in [6.45, 7) is 13.5. The van der Waals surface area contributed by atoms with Gasteiger partial charge in [-0.3, -0.25) is 0 Å². The molecule has 1 fully saturated rings. The van der Waals surface area contributed by atoms with E-state index in [9.17, 15) is 0 Å². The van der Waals surface area contributed by atoms with Crippen molar-refractivity contribution in [2.24, 2.45) is 10.9 Å². The fourth-order valence-corrected chi connectivity index (χ4v) is 3.09. The number of guanidine groups is 1. The molecule has 0 spiro atoms. The fourth-order valence-electron chi connectivity index (χ4n) is 3.09. The lowest BCUT2D eigenvalue weighted by Gasteiger charge is -2.34. The number of halogens is 1. The van der Waals surface area contributed by atoms with Gasteiger partial charge in [0, 0.05) is 31.8 Å². The minimum atomic E-state index is 0. The molecule has 154 valence electrons. The van der Waals surface area contributed by atoms with Crippen LogP contribution in [-0.4, -0.2) is 49.8 Å². The summed E-state index contributed by atoms with van der Waals surface area (Å²) in [7, 11) is 0. The lowest BCUT2D eigenvalue weighted by atomic mass is 10.1. The number of aliphatic imine (C=N–C) groups is 1. The second-order valence-electron chi connectivity index (χ2n) is 7.12. The number of nitrogens with zero attached hydrogens (tertiary/aromatic N) is 2. The number of para-hydroxylation sites is 1. The van der Waals surface area contributed by atoms with Crippen LogP contribution >= 0.6 is 24.0 Å². The number of piperidine rings is 1. The van der Waals surface area contributed by atoms with Gasteiger partial charge in [-0.15, -0.1) is 24.0 Å². The van der Waals surface area contributed by atoms with Gasteiger partial charge in [0.2, 0.25) is 0 Å². The molecule has 2 rings (SSSR count). The van der Waals surface area contributed by atoms with Crippen LogP contribution in [0.25, 0.3) is 0 Å². The van der Waals surface area contributed by atoms with E-state index in [2.05, 4.69) is 44.0 Å². The Hall–Kier alpha value is -1.02. The van der Waals surface area contributed by atoms with Crippen molar-refractivity contribution in [1.82, 2.24) is 10.2 Å². The van der Waals surface area contributed by atoms with E-state index >= 15 is 0 Å². The highest BCUT2D eigenvalue weighted by atomic mass is 127. The molecule has 0 radical (unpaired) electrons. The fraction of sp³-hybridized carbons (Fsp3) is 0.667. The lowest BCUT2D eigenvalue weighted by molar-refractivity contribution is 0.0263. The monoisotopic (exact) mass is 489 g/mol. The molecule has 27 heavy (non-hydrogen) atoms. The average molecular weight is 489 g/mol. The maximum atomic E-state index is 5.96. The summed E-state index contributed by atoms with van der Waals surface area (Å²) in [6.07, 6.45) is 2.52. The molecule has 1 aromatic rings. The number of benzene rings is 1. The van der Waals surface area contributed by atoms with Gasteiger partial charge in [-0.25, -0.2) is 4.99 Å². The molecule has 0 amide bonds. The molecule has 5 nitrogen and oxygen atoms in total. The summed E-state index contributed by atoms with van der Waals surface area (Å²) in [5.41, 5.74) is 1.13. The summed E-state index contributed by atoms with van der Waals surface area (Å²) in [4.78, 5) is 7.22. The quantitative estimate of drug-likeness (QED) is 0.336. The molecule has 1 aromatic carbocycles. The van der Waals surface area contributed by atoms with Crippen molar-refractivity contribution >= 4 is 29.9 Å². The van der Waals surface area contributed by atoms with E-state index in [1.165, 1.54) is 0 Å². The van der Waals surface area contributed by atoms with Crippen LogP contribution in [0.15, 0.2) is 29.3 Å². The summed E-state index contributed by atoms with van der Waals surface area (Å²) in [6, 6.07) is 8.21. The predicted octanol–water partition coefficient (Wildman–Crippen LogP) is 4.31. The predicted molar refractivity (Wildman–Crippen MR) is 123 cm³/mol. The zero-order valence-corrected chi connectivity index (χ0v) is 19.6. The zero-order valence-electron chi connectivity index (χ0n) is 17.2. The summed E-state index contributed by atoms with van der Waals surface area (Å²) < 4.78 is 11.7. The number of ether oxygens (including phenoxy) is 2. The third-order valence-corrected chi connectivity index (χ3v) is 4.42. The van der Waals surface area contributed by atoms with Crippen molar-refractivity contribution in [3.8, 4) is 5.75 Å². The molecule has 1 heterocycles. The molecule has 1 N–H and O–H groups in total. The Morgan fingerprint density at radius 1 is 1.22 bits per heavy atom. The molecule has 1 saturated heterocycles. The Kier molecular flexibility index (Phi) is 11.7. The van der Waals surface area contributed by atoms with Crippen LogP contribution in [0.1, 0.15) is 46.1 Å². The van der Waals surface area contributed by atoms with Crippen molar-refractivity contribution in [3.63, 3.8) is 0 Å². The first-order valence-corrected chi connectivity index (χ1v) is 9.99. The van der Waals surface area contributed by atoms with Crippen LogP contribution in [0.2, 0.25) is 0 Å². The molecule has 0 aromatic heterocycles. The molecule has 0 bridgehead atoms. The van der Waals surface area contributed by atoms with E-state index in [1.807, 2.05) is 18.2 Å². The highest BCUT2D eigenvalue weighted by Gasteiger charge is 2.21. The van der Waals surface area contributed by atoms with E-state index < -0.39 is 0 Å². The molecular formula is C21H36IN3O2. The van der Waals surface area contributed by atoms with Crippen LogP contribution in [-0.2, 0) is 11.3 Å². The van der Waals surface area contributed by atoms with Crippen LogP contribution < -0.4 is 10.1 Å². The van der Waals surface area contributed by atoms with E-state index in [-0.39, 0.29) is 24.0 Å². The van der Waals surface area contributed by atoms with Crippen molar-refractivity contribution in [1.29, 1.82) is 0 Å². The van der Waals surface area contributed by atoms with Gasteiger partial charge in [0.15, 0.2) is 5.96 Å². The first-order chi connectivity index (χ1) is 12.6. The third-order valence-electron chi connectivity index (χ3n) is 4.42. The smallest absolute Gasteiger partial charge is 0.194 e. The SMILES string of the molecule is CCNC(=NCc1ccccc1OCC(C)C)N1CCC(OCC)CC1.I. The normalized spacial score (nSPS) is 15.6. The van der Waals surface area contributed by atoms with Crippen LogP contribution in [0, 0.1) is 5.92 Å². The molecule has 1 aliphatic rings. The minimum Gasteiger partial charge on any atom is -0.493 e. The van der Waals surface area contributed by atoms with Crippen molar-refractivity contribution in [3.05, 3.63) is 29.8 Å². The molecular weight excluding hydrogens is 453 g/mol. The molecule has 6 heteroatoms. The molecule has 0 saturated carbocycles. The Bertz CT molecular complexity index is 558. The lowest BCUT2D eigenvalue weighted by Crippen LogP contribution is -2.47. The molecule has 0 aliphatic carbocycles. The van der Waals surface area contributed by atoms with E-state index in [4.69, 9.17) is 14.5 Å². The van der Waals surface area contributed by atoms with Gasteiger partial charge in [-0.1, -0.05) is 32.0 Å². The van der Waals surface area contributed by atoms with Gasteiger partial charge < -0.3 is 19.7 Å². The number of nitrogens with one attached hydrogen (secondary N) is 1. The van der Waals surface area contributed by atoms with Gasteiger partial charge in [0.05, 0.1) is 19.3 Å². The Morgan fingerprint density at radius 2 is 1.93 bits per heavy atom. The van der Waals surface area contributed by atoms with E-state index in [0.29, 0.717) is 18.6 Å². The second kappa shape index (κ2) is 13.2. The highest BCUT2D eigenvalue weighted by molar-refractivity contribution is 14.0. The molecule has 0 unspecified atom stereocenters. The first-order valence-electron chi connectivity index (χ1n) is 9.99. The Labute approximate surface area is 181 Å². The van der Waals surface area contributed by atoms with Gasteiger partial charge in [-0.2, -0.15) is 0 Å². The Morgan fingerprint density at radius 3 is 2.56 bits per heavy atom. The number of hydrogen-bond acceptors (Lipinski definition) is 3. The van der Waals surface area contributed by atoms with Crippen molar-refractivity contribution in [2.75, 3.05) is 32.8 Å². The zero-order chi connectivity index (χ0) is 18.8. The van der Waals surface area contributed by atoms with Gasteiger partial charge in [-0.05, 0) is 38.7 Å². The van der Waals surface area contributed by atoms with Crippen LogP contribution in [0.4, 0.5) is 0 Å². The number of rotatable bonds is 8. The summed E-state index contributed by atoms with van der Waals surface area (Å²) in [5, 5.41) is 3.43.